The van der Waals surface area contributed by atoms with Crippen LogP contribution in [0.1, 0.15) is 38.5 Å². The number of benzene rings is 1. The Morgan fingerprint density at radius 1 is 1.20 bits per heavy atom. The molecule has 25 heavy (non-hydrogen) atoms. The van der Waals surface area contributed by atoms with Crippen LogP contribution in [0.25, 0.3) is 21.9 Å². The van der Waals surface area contributed by atoms with Crippen LogP contribution in [0.2, 0.25) is 0 Å². The first-order valence-corrected chi connectivity index (χ1v) is 8.83. The van der Waals surface area contributed by atoms with E-state index in [9.17, 15) is 10.1 Å². The van der Waals surface area contributed by atoms with Gasteiger partial charge < -0.3 is 4.98 Å². The monoisotopic (exact) mass is 349 g/mol. The van der Waals surface area contributed by atoms with Gasteiger partial charge in [0.25, 0.3) is 5.56 Å². The molecule has 3 aromatic rings. The molecule has 0 unspecified atom stereocenters. The Morgan fingerprint density at radius 2 is 1.84 bits per heavy atom. The number of thiophene rings is 1. The molecule has 0 fully saturated rings. The molecule has 0 bridgehead atoms. The molecule has 0 aliphatic heterocycles. The average molecular weight is 349 g/mol. The number of hydrogen-bond acceptors (Lipinski definition) is 4. The molecule has 2 heterocycles. The highest BCUT2D eigenvalue weighted by Gasteiger charge is 2.14. The zero-order valence-corrected chi connectivity index (χ0v) is 15.8. The number of aromatic nitrogens is 2. The highest BCUT2D eigenvalue weighted by molar-refractivity contribution is 7.18. The Morgan fingerprint density at radius 3 is 2.44 bits per heavy atom. The molecule has 0 aliphatic carbocycles. The van der Waals surface area contributed by atoms with Gasteiger partial charge in [0.2, 0.25) is 0 Å². The van der Waals surface area contributed by atoms with Crippen LogP contribution in [0.5, 0.6) is 0 Å². The average Bonchev–Trinajstić information content (AvgIpc) is 2.81. The number of rotatable bonds is 2. The van der Waals surface area contributed by atoms with Crippen molar-refractivity contribution in [3.8, 4) is 6.07 Å². The summed E-state index contributed by atoms with van der Waals surface area (Å²) in [6.07, 6.45) is 1.81. The molecular weight excluding hydrogens is 330 g/mol. The molecule has 1 N–H and O–H groups in total. The van der Waals surface area contributed by atoms with Crippen molar-refractivity contribution in [1.82, 2.24) is 9.97 Å². The zero-order valence-electron chi connectivity index (χ0n) is 14.9. The van der Waals surface area contributed by atoms with E-state index < -0.39 is 0 Å². The van der Waals surface area contributed by atoms with Crippen LogP contribution in [0.3, 0.4) is 0 Å². The van der Waals surface area contributed by atoms with Crippen LogP contribution >= 0.6 is 11.3 Å². The first-order chi connectivity index (χ1) is 11.8. The summed E-state index contributed by atoms with van der Waals surface area (Å²) >= 11 is 1.48. The highest BCUT2D eigenvalue weighted by atomic mass is 32.1. The number of allylic oxidation sites excluding steroid dienone is 1. The van der Waals surface area contributed by atoms with Gasteiger partial charge in [0.15, 0.2) is 5.82 Å². The molecule has 0 saturated heterocycles. The molecule has 5 heteroatoms. The molecule has 0 radical (unpaired) electrons. The Labute approximate surface area is 150 Å². The number of aryl methyl sites for hydroxylation is 5. The van der Waals surface area contributed by atoms with E-state index in [4.69, 9.17) is 0 Å². The van der Waals surface area contributed by atoms with Gasteiger partial charge in [-0.15, -0.1) is 11.3 Å². The third-order valence-corrected chi connectivity index (χ3v) is 5.54. The molecule has 126 valence electrons. The van der Waals surface area contributed by atoms with Crippen molar-refractivity contribution < 1.29 is 0 Å². The van der Waals surface area contributed by atoms with Crippen molar-refractivity contribution in [3.63, 3.8) is 0 Å². The lowest BCUT2D eigenvalue weighted by Gasteiger charge is -2.08. The van der Waals surface area contributed by atoms with E-state index in [1.807, 2.05) is 40.7 Å². The van der Waals surface area contributed by atoms with Gasteiger partial charge in [-0.05, 0) is 62.9 Å². The van der Waals surface area contributed by atoms with Gasteiger partial charge in [0.05, 0.1) is 11.0 Å². The van der Waals surface area contributed by atoms with Crippen molar-refractivity contribution in [1.29, 1.82) is 5.26 Å². The minimum absolute atomic E-state index is 0.194. The van der Waals surface area contributed by atoms with E-state index in [0.717, 1.165) is 27.1 Å². The zero-order chi connectivity index (χ0) is 18.3. The lowest BCUT2D eigenvalue weighted by molar-refractivity contribution is 1.13. The van der Waals surface area contributed by atoms with Gasteiger partial charge in [-0.1, -0.05) is 17.7 Å². The number of H-pyrrole nitrogens is 1. The Kier molecular flexibility index (Phi) is 4.32. The highest BCUT2D eigenvalue weighted by Crippen LogP contribution is 2.27. The molecule has 0 aliphatic rings. The van der Waals surface area contributed by atoms with Gasteiger partial charge in [0.1, 0.15) is 10.9 Å². The fourth-order valence-corrected chi connectivity index (χ4v) is 4.13. The van der Waals surface area contributed by atoms with Crippen molar-refractivity contribution in [2.24, 2.45) is 0 Å². The van der Waals surface area contributed by atoms with E-state index in [2.05, 4.69) is 28.2 Å². The van der Waals surface area contributed by atoms with E-state index in [1.54, 1.807) is 0 Å². The second kappa shape index (κ2) is 6.30. The van der Waals surface area contributed by atoms with Crippen LogP contribution < -0.4 is 5.56 Å². The van der Waals surface area contributed by atoms with Crippen molar-refractivity contribution in [3.05, 3.63) is 61.0 Å². The molecule has 0 saturated carbocycles. The quantitative estimate of drug-likeness (QED) is 0.688. The third kappa shape index (κ3) is 3.01. The number of hydrogen-bond donors (Lipinski definition) is 1. The summed E-state index contributed by atoms with van der Waals surface area (Å²) in [4.78, 5) is 21.5. The smallest absolute Gasteiger partial charge is 0.260 e. The standard InChI is InChI=1S/C20H19N3OS/c1-10-6-11(2)16(12(3)7-10)8-15(9-21)18-22-19(24)17-13(4)14(5)25-20(17)23-18/h6-8H,1-5H3,(H,22,23,24)/b15-8+. The van der Waals surface area contributed by atoms with Crippen LogP contribution in [0.15, 0.2) is 16.9 Å². The first-order valence-electron chi connectivity index (χ1n) is 8.02. The van der Waals surface area contributed by atoms with E-state index in [1.165, 1.54) is 16.9 Å². The molecule has 3 rings (SSSR count). The number of nitriles is 1. The summed E-state index contributed by atoms with van der Waals surface area (Å²) in [6, 6.07) is 6.35. The lowest BCUT2D eigenvalue weighted by Crippen LogP contribution is -2.11. The molecule has 0 amide bonds. The Balaban J connectivity index is 2.22. The first kappa shape index (κ1) is 17.1. The van der Waals surface area contributed by atoms with Gasteiger partial charge in [0, 0.05) is 4.88 Å². The predicted octanol–water partition coefficient (Wildman–Crippen LogP) is 4.59. The Bertz CT molecular complexity index is 1100. The maximum absolute atomic E-state index is 12.5. The number of nitrogens with one attached hydrogen (secondary N) is 1. The predicted molar refractivity (Wildman–Crippen MR) is 104 cm³/mol. The molecule has 4 nitrogen and oxygen atoms in total. The molecule has 0 atom stereocenters. The second-order valence-corrected chi connectivity index (χ2v) is 7.56. The van der Waals surface area contributed by atoms with Crippen LogP contribution in [-0.4, -0.2) is 9.97 Å². The summed E-state index contributed by atoms with van der Waals surface area (Å²) in [6.45, 7) is 9.98. The third-order valence-electron chi connectivity index (χ3n) is 4.44. The van der Waals surface area contributed by atoms with Crippen molar-refractivity contribution >= 4 is 33.2 Å². The van der Waals surface area contributed by atoms with Crippen LogP contribution in [-0.2, 0) is 0 Å². The molecular formula is C20H19N3OS. The summed E-state index contributed by atoms with van der Waals surface area (Å²) in [7, 11) is 0. The molecule has 2 aromatic heterocycles. The fraction of sp³-hybridized carbons (Fsp3) is 0.250. The van der Waals surface area contributed by atoms with Gasteiger partial charge in [-0.3, -0.25) is 4.79 Å². The number of fused-ring (bicyclic) bond motifs is 1. The summed E-state index contributed by atoms with van der Waals surface area (Å²) in [5.74, 6) is 0.320. The summed E-state index contributed by atoms with van der Waals surface area (Å²) < 4.78 is 0. The van der Waals surface area contributed by atoms with Crippen molar-refractivity contribution in [2.75, 3.05) is 0 Å². The maximum atomic E-state index is 12.5. The fourth-order valence-electron chi connectivity index (χ4n) is 3.10. The summed E-state index contributed by atoms with van der Waals surface area (Å²) in [5.41, 5.74) is 5.48. The SMILES string of the molecule is Cc1cc(C)c(/C=C(\C#N)c2nc3sc(C)c(C)c3c(=O)[nH]2)c(C)c1. The minimum Gasteiger partial charge on any atom is -0.305 e. The largest absolute Gasteiger partial charge is 0.305 e. The molecule has 1 aromatic carbocycles. The topological polar surface area (TPSA) is 69.5 Å². The van der Waals surface area contributed by atoms with E-state index >= 15 is 0 Å². The van der Waals surface area contributed by atoms with Gasteiger partial charge in [-0.25, -0.2) is 4.98 Å². The lowest BCUT2D eigenvalue weighted by atomic mass is 9.98. The number of aromatic amines is 1. The van der Waals surface area contributed by atoms with Crippen molar-refractivity contribution in [2.45, 2.75) is 34.6 Å². The van der Waals surface area contributed by atoms with E-state index in [0.29, 0.717) is 21.6 Å². The van der Waals surface area contributed by atoms with Crippen LogP contribution in [0, 0.1) is 45.9 Å². The van der Waals surface area contributed by atoms with E-state index in [-0.39, 0.29) is 5.56 Å². The normalized spacial score (nSPS) is 11.8. The Hall–Kier alpha value is -2.71. The molecule has 0 spiro atoms. The van der Waals surface area contributed by atoms with Crippen LogP contribution in [0.4, 0.5) is 0 Å². The maximum Gasteiger partial charge on any atom is 0.260 e. The summed E-state index contributed by atoms with van der Waals surface area (Å²) in [5, 5.41) is 10.2. The van der Waals surface area contributed by atoms with Gasteiger partial charge >= 0.3 is 0 Å². The second-order valence-electron chi connectivity index (χ2n) is 6.36. The number of nitrogens with zero attached hydrogens (tertiary/aromatic N) is 2. The van der Waals surface area contributed by atoms with Gasteiger partial charge in [-0.2, -0.15) is 5.26 Å². The minimum atomic E-state index is -0.194.